The van der Waals surface area contributed by atoms with E-state index in [4.69, 9.17) is 14.2 Å². The van der Waals surface area contributed by atoms with Gasteiger partial charge in [0.05, 0.1) is 4.90 Å². The van der Waals surface area contributed by atoms with Gasteiger partial charge in [-0.2, -0.15) is 0 Å². The van der Waals surface area contributed by atoms with Gasteiger partial charge < -0.3 is 19.5 Å². The summed E-state index contributed by atoms with van der Waals surface area (Å²) in [7, 11) is -3.76. The molecule has 2 aromatic carbocycles. The van der Waals surface area contributed by atoms with Crippen molar-refractivity contribution in [2.24, 2.45) is 0 Å². The third-order valence-electron chi connectivity index (χ3n) is 5.90. The van der Waals surface area contributed by atoms with Crippen LogP contribution in [0.25, 0.3) is 0 Å². The summed E-state index contributed by atoms with van der Waals surface area (Å²) in [5, 5.41) is 2.84. The number of hydrogen-bond acceptors (Lipinski definition) is 7. The SMILES string of the molecule is O=C(COC(=O)CCCNS(=O)(=O)c1ccc2c(c1)OCCO2)NCC1(c2ccccc2)CC1. The number of esters is 1. The maximum absolute atomic E-state index is 12.5. The molecule has 2 N–H and O–H groups in total. The van der Waals surface area contributed by atoms with E-state index in [0.29, 0.717) is 31.3 Å². The molecule has 1 saturated carbocycles. The second-order valence-corrected chi connectivity index (χ2v) is 10.2. The van der Waals surface area contributed by atoms with E-state index in [1.54, 1.807) is 6.07 Å². The first-order chi connectivity index (χ1) is 16.4. The van der Waals surface area contributed by atoms with E-state index in [1.165, 1.54) is 17.7 Å². The lowest BCUT2D eigenvalue weighted by Crippen LogP contribution is -2.35. The van der Waals surface area contributed by atoms with Crippen LogP contribution in [0.4, 0.5) is 0 Å². The molecule has 0 atom stereocenters. The Bertz CT molecular complexity index is 1130. The number of fused-ring (bicyclic) bond motifs is 1. The Hall–Kier alpha value is -3.11. The van der Waals surface area contributed by atoms with Crippen LogP contribution >= 0.6 is 0 Å². The molecule has 1 aliphatic heterocycles. The Labute approximate surface area is 198 Å². The van der Waals surface area contributed by atoms with Gasteiger partial charge in [0, 0.05) is 31.0 Å². The summed E-state index contributed by atoms with van der Waals surface area (Å²) in [5.74, 6) is -0.0237. The van der Waals surface area contributed by atoms with Gasteiger partial charge in [-0.25, -0.2) is 13.1 Å². The van der Waals surface area contributed by atoms with Crippen LogP contribution in [0.3, 0.4) is 0 Å². The van der Waals surface area contributed by atoms with E-state index in [-0.39, 0.29) is 42.2 Å². The van der Waals surface area contributed by atoms with Crippen LogP contribution in [-0.2, 0) is 29.8 Å². The Morgan fingerprint density at radius 3 is 2.47 bits per heavy atom. The lowest BCUT2D eigenvalue weighted by Gasteiger charge is -2.18. The fraction of sp³-hybridized carbons (Fsp3) is 0.417. The summed E-state index contributed by atoms with van der Waals surface area (Å²) in [6.07, 6.45) is 2.25. The van der Waals surface area contributed by atoms with Crippen molar-refractivity contribution < 1.29 is 32.2 Å². The number of rotatable bonds is 11. The predicted molar refractivity (Wildman–Crippen MR) is 123 cm³/mol. The molecule has 0 unspecified atom stereocenters. The van der Waals surface area contributed by atoms with Gasteiger partial charge in [-0.15, -0.1) is 0 Å². The minimum absolute atomic E-state index is 0.00904. The fourth-order valence-corrected chi connectivity index (χ4v) is 4.85. The highest BCUT2D eigenvalue weighted by Crippen LogP contribution is 2.47. The van der Waals surface area contributed by atoms with Gasteiger partial charge in [0.2, 0.25) is 10.0 Å². The molecule has 0 spiro atoms. The lowest BCUT2D eigenvalue weighted by molar-refractivity contribution is -0.148. The molecule has 0 radical (unpaired) electrons. The van der Waals surface area contributed by atoms with E-state index in [2.05, 4.69) is 22.2 Å². The summed E-state index contributed by atoms with van der Waals surface area (Å²) in [5.41, 5.74) is 1.18. The Balaban J connectivity index is 1.13. The number of sulfonamides is 1. The molecule has 1 amide bonds. The summed E-state index contributed by atoms with van der Waals surface area (Å²) >= 11 is 0. The van der Waals surface area contributed by atoms with Gasteiger partial charge in [0.1, 0.15) is 13.2 Å². The monoisotopic (exact) mass is 488 g/mol. The third-order valence-corrected chi connectivity index (χ3v) is 7.36. The number of carbonyl (C=O) groups is 2. The number of nitrogens with one attached hydrogen (secondary N) is 2. The molecular weight excluding hydrogens is 460 g/mol. The zero-order valence-electron chi connectivity index (χ0n) is 18.7. The number of amides is 1. The van der Waals surface area contributed by atoms with Crippen LogP contribution in [0, 0.1) is 0 Å². The molecule has 2 aromatic rings. The Morgan fingerprint density at radius 2 is 1.74 bits per heavy atom. The average Bonchev–Trinajstić information content (AvgIpc) is 3.65. The average molecular weight is 489 g/mol. The minimum Gasteiger partial charge on any atom is -0.486 e. The predicted octanol–water partition coefficient (Wildman–Crippen LogP) is 1.91. The van der Waals surface area contributed by atoms with Crippen molar-refractivity contribution in [2.45, 2.75) is 36.0 Å². The van der Waals surface area contributed by atoms with Gasteiger partial charge in [0.15, 0.2) is 18.1 Å². The highest BCUT2D eigenvalue weighted by atomic mass is 32.2. The molecule has 0 saturated heterocycles. The van der Waals surface area contributed by atoms with Gasteiger partial charge in [-0.3, -0.25) is 9.59 Å². The standard InChI is InChI=1S/C24H28N2O7S/c27-22(25-17-24(10-11-24)18-5-2-1-3-6-18)16-33-23(28)7-4-12-26-34(29,30)19-8-9-20-21(15-19)32-14-13-31-20/h1-3,5-6,8-9,15,26H,4,7,10-14,16-17H2,(H,25,27). The quantitative estimate of drug-likeness (QED) is 0.366. The molecule has 10 heteroatoms. The van der Waals surface area contributed by atoms with Crippen molar-refractivity contribution in [3.63, 3.8) is 0 Å². The number of hydrogen-bond donors (Lipinski definition) is 2. The van der Waals surface area contributed by atoms with Crippen LogP contribution in [0.1, 0.15) is 31.2 Å². The van der Waals surface area contributed by atoms with Crippen LogP contribution < -0.4 is 19.5 Å². The summed E-state index contributed by atoms with van der Waals surface area (Å²) < 4.78 is 43.2. The Morgan fingerprint density at radius 1 is 1.00 bits per heavy atom. The van der Waals surface area contributed by atoms with E-state index >= 15 is 0 Å². The first-order valence-corrected chi connectivity index (χ1v) is 12.7. The zero-order chi connectivity index (χ0) is 24.0. The van der Waals surface area contributed by atoms with Gasteiger partial charge in [-0.05, 0) is 37.0 Å². The van der Waals surface area contributed by atoms with E-state index in [0.717, 1.165) is 12.8 Å². The molecule has 4 rings (SSSR count). The van der Waals surface area contributed by atoms with Crippen LogP contribution in [0.15, 0.2) is 53.4 Å². The molecule has 1 aliphatic carbocycles. The molecule has 2 aliphatic rings. The highest BCUT2D eigenvalue weighted by Gasteiger charge is 2.44. The van der Waals surface area contributed by atoms with Crippen LogP contribution in [0.2, 0.25) is 0 Å². The maximum Gasteiger partial charge on any atom is 0.306 e. The minimum atomic E-state index is -3.76. The van der Waals surface area contributed by atoms with Crippen molar-refractivity contribution in [2.75, 3.05) is 32.9 Å². The molecule has 34 heavy (non-hydrogen) atoms. The topological polar surface area (TPSA) is 120 Å². The number of benzene rings is 2. The van der Waals surface area contributed by atoms with E-state index in [1.807, 2.05) is 18.2 Å². The second-order valence-electron chi connectivity index (χ2n) is 8.39. The van der Waals surface area contributed by atoms with E-state index in [9.17, 15) is 18.0 Å². The van der Waals surface area contributed by atoms with Gasteiger partial charge in [-0.1, -0.05) is 30.3 Å². The largest absolute Gasteiger partial charge is 0.486 e. The Kier molecular flexibility index (Phi) is 7.38. The summed E-state index contributed by atoms with van der Waals surface area (Å²) in [6.45, 7) is 0.987. The molecule has 1 heterocycles. The first-order valence-electron chi connectivity index (χ1n) is 11.3. The van der Waals surface area contributed by atoms with E-state index < -0.39 is 16.0 Å². The summed E-state index contributed by atoms with van der Waals surface area (Å²) in [6, 6.07) is 14.4. The number of carbonyl (C=O) groups excluding carboxylic acids is 2. The van der Waals surface area contributed by atoms with Crippen LogP contribution in [0.5, 0.6) is 11.5 Å². The van der Waals surface area contributed by atoms with Crippen molar-refractivity contribution in [3.8, 4) is 11.5 Å². The number of ether oxygens (including phenoxy) is 3. The van der Waals surface area contributed by atoms with Crippen molar-refractivity contribution in [1.82, 2.24) is 10.0 Å². The molecular formula is C24H28N2O7S. The third kappa shape index (κ3) is 6.06. The highest BCUT2D eigenvalue weighted by molar-refractivity contribution is 7.89. The van der Waals surface area contributed by atoms with Crippen LogP contribution in [-0.4, -0.2) is 53.2 Å². The normalized spacial score (nSPS) is 15.9. The maximum atomic E-state index is 12.5. The fourth-order valence-electron chi connectivity index (χ4n) is 3.76. The van der Waals surface area contributed by atoms with Crippen molar-refractivity contribution in [1.29, 1.82) is 0 Å². The molecule has 9 nitrogen and oxygen atoms in total. The first kappa shape index (κ1) is 24.0. The molecule has 1 fully saturated rings. The van der Waals surface area contributed by atoms with Crippen molar-refractivity contribution in [3.05, 3.63) is 54.1 Å². The lowest BCUT2D eigenvalue weighted by atomic mass is 9.96. The van der Waals surface area contributed by atoms with Gasteiger partial charge >= 0.3 is 5.97 Å². The molecule has 182 valence electrons. The molecule has 0 bridgehead atoms. The van der Waals surface area contributed by atoms with Gasteiger partial charge in [0.25, 0.3) is 5.91 Å². The molecule has 0 aromatic heterocycles. The van der Waals surface area contributed by atoms with Crippen molar-refractivity contribution >= 4 is 21.9 Å². The smallest absolute Gasteiger partial charge is 0.306 e. The summed E-state index contributed by atoms with van der Waals surface area (Å²) in [4.78, 5) is 24.1. The zero-order valence-corrected chi connectivity index (χ0v) is 19.6. The second kappa shape index (κ2) is 10.4.